The lowest BCUT2D eigenvalue weighted by atomic mass is 9.81. The van der Waals surface area contributed by atoms with E-state index in [-0.39, 0.29) is 11.9 Å². The van der Waals surface area contributed by atoms with E-state index in [9.17, 15) is 4.79 Å². The summed E-state index contributed by atoms with van der Waals surface area (Å²) in [5.41, 5.74) is 1.40. The normalized spacial score (nSPS) is 16.6. The number of carbonyl (C=O) groups is 1. The molecule has 5 nitrogen and oxygen atoms in total. The molecule has 4 rings (SSSR count). The monoisotopic (exact) mass is 386 g/mol. The van der Waals surface area contributed by atoms with Crippen LogP contribution in [0.4, 0.5) is 0 Å². The van der Waals surface area contributed by atoms with E-state index in [4.69, 9.17) is 0 Å². The van der Waals surface area contributed by atoms with Gasteiger partial charge < -0.3 is 9.88 Å². The Balaban J connectivity index is 1.52. The van der Waals surface area contributed by atoms with Crippen molar-refractivity contribution >= 4 is 16.8 Å². The lowest BCUT2D eigenvalue weighted by Gasteiger charge is -2.34. The zero-order valence-corrected chi connectivity index (χ0v) is 16.8. The van der Waals surface area contributed by atoms with E-state index in [2.05, 4.69) is 33.2 Å². The van der Waals surface area contributed by atoms with Gasteiger partial charge in [-0.05, 0) is 31.9 Å². The van der Waals surface area contributed by atoms with Gasteiger partial charge in [-0.2, -0.15) is 0 Å². The first kappa shape index (κ1) is 19.2. The zero-order chi connectivity index (χ0) is 20.1. The van der Waals surface area contributed by atoms with Gasteiger partial charge >= 0.3 is 0 Å². The third-order valence-electron chi connectivity index (χ3n) is 5.64. The fraction of sp³-hybridized carbons (Fsp3) is 0.375. The minimum absolute atomic E-state index is 0.0408. The van der Waals surface area contributed by atoms with Crippen LogP contribution in [-0.4, -0.2) is 26.0 Å². The molecule has 0 aliphatic heterocycles. The van der Waals surface area contributed by atoms with Crippen LogP contribution in [0.2, 0.25) is 0 Å². The van der Waals surface area contributed by atoms with Gasteiger partial charge in [0.25, 0.3) is 0 Å². The first-order valence-electron chi connectivity index (χ1n) is 10.3. The summed E-state index contributed by atoms with van der Waals surface area (Å²) in [5, 5.41) is 4.34. The van der Waals surface area contributed by atoms with Crippen LogP contribution in [-0.2, 0) is 4.79 Å². The molecule has 0 radical (unpaired) electrons. The Bertz CT molecular complexity index is 1040. The number of benzene rings is 1. The number of hydrogen-bond acceptors (Lipinski definition) is 3. The number of aromatic nitrogens is 3. The maximum absolute atomic E-state index is 12.8. The highest BCUT2D eigenvalue weighted by atomic mass is 16.1. The lowest BCUT2D eigenvalue weighted by Crippen LogP contribution is -2.49. The Morgan fingerprint density at radius 3 is 2.90 bits per heavy atom. The van der Waals surface area contributed by atoms with Gasteiger partial charge in [-0.25, -0.2) is 4.98 Å². The van der Waals surface area contributed by atoms with Crippen molar-refractivity contribution in [2.45, 2.75) is 57.0 Å². The second kappa shape index (κ2) is 8.48. The molecular formula is C24H26N4O. The SMILES string of the molecule is CC(CC(=O)NC1(C#Cc2cnc3ccccc3c2)CCCCC1)n1ccnc1. The van der Waals surface area contributed by atoms with Crippen molar-refractivity contribution in [1.82, 2.24) is 19.9 Å². The number of nitrogens with zero attached hydrogens (tertiary/aromatic N) is 3. The van der Waals surface area contributed by atoms with Gasteiger partial charge in [0.1, 0.15) is 5.54 Å². The van der Waals surface area contributed by atoms with Crippen molar-refractivity contribution in [3.63, 3.8) is 0 Å². The molecule has 29 heavy (non-hydrogen) atoms. The second-order valence-electron chi connectivity index (χ2n) is 7.92. The molecular weight excluding hydrogens is 360 g/mol. The molecule has 0 saturated heterocycles. The summed E-state index contributed by atoms with van der Waals surface area (Å²) in [6, 6.07) is 10.2. The number of amides is 1. The van der Waals surface area contributed by atoms with E-state index in [1.165, 1.54) is 6.42 Å². The number of carbonyl (C=O) groups excluding carboxylic acids is 1. The fourth-order valence-corrected chi connectivity index (χ4v) is 3.99. The summed E-state index contributed by atoms with van der Waals surface area (Å²) < 4.78 is 1.96. The van der Waals surface area contributed by atoms with Crippen LogP contribution in [0.1, 0.15) is 57.1 Å². The van der Waals surface area contributed by atoms with Crippen LogP contribution >= 0.6 is 0 Å². The number of pyridine rings is 1. The highest BCUT2D eigenvalue weighted by Crippen LogP contribution is 2.28. The molecule has 2 aromatic heterocycles. The first-order valence-corrected chi connectivity index (χ1v) is 10.3. The zero-order valence-electron chi connectivity index (χ0n) is 16.8. The topological polar surface area (TPSA) is 59.8 Å². The van der Waals surface area contributed by atoms with Gasteiger partial charge in [0.15, 0.2) is 0 Å². The molecule has 1 aliphatic carbocycles. The van der Waals surface area contributed by atoms with Crippen LogP contribution in [0.3, 0.4) is 0 Å². The highest BCUT2D eigenvalue weighted by Gasteiger charge is 2.32. The molecule has 0 bridgehead atoms. The molecule has 1 saturated carbocycles. The summed E-state index contributed by atoms with van der Waals surface area (Å²) in [5.74, 6) is 6.75. The molecule has 1 N–H and O–H groups in total. The van der Waals surface area contributed by atoms with Crippen molar-refractivity contribution in [2.75, 3.05) is 0 Å². The van der Waals surface area contributed by atoms with Crippen LogP contribution in [0.5, 0.6) is 0 Å². The third kappa shape index (κ3) is 4.65. The average Bonchev–Trinajstić information content (AvgIpc) is 3.28. The van der Waals surface area contributed by atoms with E-state index in [0.29, 0.717) is 6.42 Å². The average molecular weight is 386 g/mol. The Labute approximate surface area is 171 Å². The van der Waals surface area contributed by atoms with Crippen LogP contribution in [0.25, 0.3) is 10.9 Å². The molecule has 2 heterocycles. The smallest absolute Gasteiger partial charge is 0.223 e. The van der Waals surface area contributed by atoms with Gasteiger partial charge in [-0.1, -0.05) is 49.3 Å². The molecule has 1 aliphatic rings. The van der Waals surface area contributed by atoms with E-state index in [1.54, 1.807) is 12.5 Å². The predicted octanol–water partition coefficient (Wildman–Crippen LogP) is 4.25. The molecule has 1 unspecified atom stereocenters. The van der Waals surface area contributed by atoms with Gasteiger partial charge in [-0.15, -0.1) is 0 Å². The Morgan fingerprint density at radius 1 is 1.28 bits per heavy atom. The van der Waals surface area contributed by atoms with Crippen LogP contribution in [0, 0.1) is 11.8 Å². The number of imidazole rings is 1. The van der Waals surface area contributed by atoms with E-state index < -0.39 is 5.54 Å². The van der Waals surface area contributed by atoms with Crippen molar-refractivity contribution in [2.24, 2.45) is 0 Å². The van der Waals surface area contributed by atoms with Crippen LogP contribution < -0.4 is 5.32 Å². The number of fused-ring (bicyclic) bond motifs is 1. The molecule has 1 fully saturated rings. The van der Waals surface area contributed by atoms with E-state index >= 15 is 0 Å². The predicted molar refractivity (Wildman–Crippen MR) is 114 cm³/mol. The van der Waals surface area contributed by atoms with Gasteiger partial charge in [0, 0.05) is 42.0 Å². The minimum atomic E-state index is -0.449. The summed E-state index contributed by atoms with van der Waals surface area (Å²) in [6.45, 7) is 2.03. The molecule has 1 aromatic carbocycles. The number of nitrogens with one attached hydrogen (secondary N) is 1. The maximum Gasteiger partial charge on any atom is 0.223 e. The lowest BCUT2D eigenvalue weighted by molar-refractivity contribution is -0.123. The van der Waals surface area contributed by atoms with Crippen molar-refractivity contribution < 1.29 is 4.79 Å². The van der Waals surface area contributed by atoms with Crippen LogP contribution in [0.15, 0.2) is 55.2 Å². The van der Waals surface area contributed by atoms with Crippen molar-refractivity contribution in [3.8, 4) is 11.8 Å². The third-order valence-corrected chi connectivity index (χ3v) is 5.64. The molecule has 148 valence electrons. The molecule has 0 spiro atoms. The molecule has 3 aromatic rings. The summed E-state index contributed by atoms with van der Waals surface area (Å²) >= 11 is 0. The number of para-hydroxylation sites is 1. The first-order chi connectivity index (χ1) is 14.1. The maximum atomic E-state index is 12.8. The van der Waals surface area contributed by atoms with Gasteiger partial charge in [0.2, 0.25) is 5.91 Å². The number of hydrogen-bond donors (Lipinski definition) is 1. The molecule has 1 atom stereocenters. The Kier molecular flexibility index (Phi) is 5.62. The van der Waals surface area contributed by atoms with Gasteiger partial charge in [0.05, 0.1) is 11.8 Å². The highest BCUT2D eigenvalue weighted by molar-refractivity contribution is 5.80. The van der Waals surface area contributed by atoms with Gasteiger partial charge in [-0.3, -0.25) is 9.78 Å². The summed E-state index contributed by atoms with van der Waals surface area (Å²) in [4.78, 5) is 21.3. The van der Waals surface area contributed by atoms with E-state index in [1.807, 2.05) is 48.1 Å². The number of rotatable bonds is 4. The van der Waals surface area contributed by atoms with E-state index in [0.717, 1.165) is 42.1 Å². The largest absolute Gasteiger partial charge is 0.340 e. The minimum Gasteiger partial charge on any atom is -0.340 e. The Hall–Kier alpha value is -3.13. The molecule has 5 heteroatoms. The molecule has 1 amide bonds. The standard InChI is InChI=1S/C24H26N4O/c1-19(28-14-13-25-18-28)15-23(29)27-24(10-5-2-6-11-24)12-9-20-16-21-7-3-4-8-22(21)26-17-20/h3-4,7-8,13-14,16-19H,2,5-6,10-11,15H2,1H3,(H,27,29). The fourth-order valence-electron chi connectivity index (χ4n) is 3.99. The summed E-state index contributed by atoms with van der Waals surface area (Å²) in [6.07, 6.45) is 12.8. The quantitative estimate of drug-likeness (QED) is 0.682. The second-order valence-corrected chi connectivity index (χ2v) is 7.92. The summed E-state index contributed by atoms with van der Waals surface area (Å²) in [7, 11) is 0. The van der Waals surface area contributed by atoms with Crippen molar-refractivity contribution in [3.05, 3.63) is 60.8 Å². The Morgan fingerprint density at radius 2 is 2.10 bits per heavy atom. The van der Waals surface area contributed by atoms with Crippen molar-refractivity contribution in [1.29, 1.82) is 0 Å².